The van der Waals surface area contributed by atoms with Crippen molar-refractivity contribution in [1.82, 2.24) is 10.2 Å². The number of nitrogens with one attached hydrogen (secondary N) is 1. The molecule has 2 rings (SSSR count). The molecule has 1 aliphatic heterocycles. The minimum atomic E-state index is -0.103. The Kier molecular flexibility index (Phi) is 10.3. The fraction of sp³-hybridized carbons (Fsp3) is 0.526. The second-order valence-electron chi connectivity index (χ2n) is 6.61. The lowest BCUT2D eigenvalue weighted by Crippen LogP contribution is -2.35. The first-order valence-electron chi connectivity index (χ1n) is 9.21. The molecule has 1 aromatic carbocycles. The number of amides is 2. The zero-order valence-electron chi connectivity index (χ0n) is 15.6. The van der Waals surface area contributed by atoms with Crippen LogP contribution in [0.1, 0.15) is 31.2 Å². The van der Waals surface area contributed by atoms with Crippen molar-refractivity contribution in [3.8, 4) is 0 Å². The molecule has 0 saturated carbocycles. The van der Waals surface area contributed by atoms with E-state index in [0.29, 0.717) is 25.9 Å². The van der Waals surface area contributed by atoms with Crippen molar-refractivity contribution in [1.29, 1.82) is 0 Å². The highest BCUT2D eigenvalue weighted by Crippen LogP contribution is 2.18. The molecule has 150 valence electrons. The Hall–Kier alpha value is -2.28. The number of guanidine groups is 1. The van der Waals surface area contributed by atoms with Gasteiger partial charge >= 0.3 is 0 Å². The van der Waals surface area contributed by atoms with Gasteiger partial charge in [0.1, 0.15) is 0 Å². The first kappa shape index (κ1) is 22.8. The predicted octanol–water partition coefficient (Wildman–Crippen LogP) is 1.06. The quantitative estimate of drug-likeness (QED) is 0.312. The minimum absolute atomic E-state index is 0. The highest BCUT2D eigenvalue weighted by molar-refractivity contribution is 5.85. The number of nitrogens with zero attached hydrogens (tertiary/aromatic N) is 2. The number of hydrogen-bond donors (Lipinski definition) is 3. The van der Waals surface area contributed by atoms with E-state index in [1.165, 1.54) is 5.56 Å². The molecule has 5 N–H and O–H groups in total. The van der Waals surface area contributed by atoms with Crippen molar-refractivity contribution in [2.24, 2.45) is 22.4 Å². The molecule has 1 aromatic rings. The van der Waals surface area contributed by atoms with Crippen LogP contribution in [0.25, 0.3) is 0 Å². The molecule has 1 aliphatic rings. The van der Waals surface area contributed by atoms with Crippen molar-refractivity contribution >= 4 is 30.2 Å². The van der Waals surface area contributed by atoms with Gasteiger partial charge in [-0.05, 0) is 31.2 Å². The van der Waals surface area contributed by atoms with Gasteiger partial charge in [0.15, 0.2) is 5.96 Å². The summed E-state index contributed by atoms with van der Waals surface area (Å²) in [6.45, 7) is 2.40. The minimum Gasteiger partial charge on any atom is -0.370 e. The van der Waals surface area contributed by atoms with Gasteiger partial charge in [0.25, 0.3) is 0 Å². The summed E-state index contributed by atoms with van der Waals surface area (Å²) in [5.41, 5.74) is 11.8. The third kappa shape index (κ3) is 8.30. The lowest BCUT2D eigenvalue weighted by molar-refractivity contribution is -0.131. The van der Waals surface area contributed by atoms with Crippen LogP contribution >= 0.6 is 12.4 Å². The zero-order valence-corrected chi connectivity index (χ0v) is 16.4. The summed E-state index contributed by atoms with van der Waals surface area (Å²) in [6.07, 6.45) is 3.69. The van der Waals surface area contributed by atoms with Gasteiger partial charge < -0.3 is 21.7 Å². The van der Waals surface area contributed by atoms with Crippen LogP contribution in [0.15, 0.2) is 35.3 Å². The lowest BCUT2D eigenvalue weighted by Gasteiger charge is -2.17. The maximum atomic E-state index is 12.4. The number of benzene rings is 1. The third-order valence-electron chi connectivity index (χ3n) is 4.55. The van der Waals surface area contributed by atoms with Crippen LogP contribution in [0.2, 0.25) is 0 Å². The van der Waals surface area contributed by atoms with Gasteiger partial charge in [-0.3, -0.25) is 14.6 Å². The molecule has 27 heavy (non-hydrogen) atoms. The summed E-state index contributed by atoms with van der Waals surface area (Å²) in [7, 11) is 0. The Morgan fingerprint density at radius 2 is 1.96 bits per heavy atom. The Morgan fingerprint density at radius 3 is 2.67 bits per heavy atom. The van der Waals surface area contributed by atoms with E-state index in [2.05, 4.69) is 22.4 Å². The summed E-state index contributed by atoms with van der Waals surface area (Å²) in [6, 6.07) is 10.3. The number of aliphatic imine (C=N–C) groups is 1. The Balaban J connectivity index is 0.00000364. The van der Waals surface area contributed by atoms with E-state index in [-0.39, 0.29) is 36.1 Å². The van der Waals surface area contributed by atoms with Crippen molar-refractivity contribution in [3.05, 3.63) is 35.9 Å². The first-order chi connectivity index (χ1) is 12.6. The average Bonchev–Trinajstić information content (AvgIpc) is 2.98. The molecule has 8 heteroatoms. The molecule has 7 nitrogen and oxygen atoms in total. The van der Waals surface area contributed by atoms with E-state index in [9.17, 15) is 9.59 Å². The lowest BCUT2D eigenvalue weighted by atomic mass is 10.1. The van der Waals surface area contributed by atoms with Crippen molar-refractivity contribution in [2.75, 3.05) is 26.2 Å². The van der Waals surface area contributed by atoms with Crippen LogP contribution in [0.3, 0.4) is 0 Å². The standard InChI is InChI=1S/C19H29N5O2.ClH/c20-19(21)22-11-4-9-17(25)23-14-16-10-13-24(18(16)26)12-5-8-15-6-2-1-3-7-15;/h1-3,6-7,16H,4-5,8-14H2,(H,23,25)(H4,20,21,22);1H. The molecule has 1 fully saturated rings. The van der Waals surface area contributed by atoms with Crippen molar-refractivity contribution < 1.29 is 9.59 Å². The number of hydrogen-bond acceptors (Lipinski definition) is 3. The maximum absolute atomic E-state index is 12.4. The summed E-state index contributed by atoms with van der Waals surface area (Å²) < 4.78 is 0. The molecule has 1 saturated heterocycles. The molecule has 1 atom stereocenters. The Bertz CT molecular complexity index is 620. The molecule has 1 heterocycles. The number of rotatable bonds is 10. The second-order valence-corrected chi connectivity index (χ2v) is 6.61. The smallest absolute Gasteiger partial charge is 0.227 e. The van der Waals surface area contributed by atoms with Gasteiger partial charge in [-0.15, -0.1) is 12.4 Å². The number of halogens is 1. The number of aryl methyl sites for hydroxylation is 1. The van der Waals surface area contributed by atoms with Gasteiger partial charge in [0.2, 0.25) is 11.8 Å². The summed E-state index contributed by atoms with van der Waals surface area (Å²) in [5, 5.41) is 2.85. The van der Waals surface area contributed by atoms with Crippen LogP contribution in [-0.4, -0.2) is 48.9 Å². The molecule has 0 aromatic heterocycles. The molecule has 2 amide bonds. The predicted molar refractivity (Wildman–Crippen MR) is 110 cm³/mol. The number of carbonyl (C=O) groups excluding carboxylic acids is 2. The van der Waals surface area contributed by atoms with Crippen LogP contribution < -0.4 is 16.8 Å². The van der Waals surface area contributed by atoms with E-state index >= 15 is 0 Å². The second kappa shape index (κ2) is 12.2. The maximum Gasteiger partial charge on any atom is 0.227 e. The highest BCUT2D eigenvalue weighted by atomic mass is 35.5. The number of likely N-dealkylation sites (tertiary alicyclic amines) is 1. The SMILES string of the molecule is Cl.NC(N)=NCCCC(=O)NCC1CCN(CCCc2ccccc2)C1=O. The molecule has 0 spiro atoms. The van der Waals surface area contributed by atoms with Crippen molar-refractivity contribution in [3.63, 3.8) is 0 Å². The topological polar surface area (TPSA) is 114 Å². The Labute approximate surface area is 167 Å². The largest absolute Gasteiger partial charge is 0.370 e. The molecule has 1 unspecified atom stereocenters. The molecule has 0 bridgehead atoms. The monoisotopic (exact) mass is 395 g/mol. The van der Waals surface area contributed by atoms with E-state index < -0.39 is 0 Å². The number of nitrogens with two attached hydrogens (primary N) is 2. The molecule has 0 aliphatic carbocycles. The third-order valence-corrected chi connectivity index (χ3v) is 4.55. The van der Waals surface area contributed by atoms with Crippen LogP contribution in [-0.2, 0) is 16.0 Å². The first-order valence-corrected chi connectivity index (χ1v) is 9.21. The van der Waals surface area contributed by atoms with E-state index in [1.54, 1.807) is 0 Å². The molecular weight excluding hydrogens is 366 g/mol. The van der Waals surface area contributed by atoms with Gasteiger partial charge in [-0.1, -0.05) is 30.3 Å². The van der Waals surface area contributed by atoms with Crippen LogP contribution in [0.4, 0.5) is 0 Å². The summed E-state index contributed by atoms with van der Waals surface area (Å²) in [5.74, 6) is 0.0210. The zero-order chi connectivity index (χ0) is 18.8. The Morgan fingerprint density at radius 1 is 1.22 bits per heavy atom. The van der Waals surface area contributed by atoms with E-state index in [0.717, 1.165) is 32.4 Å². The van der Waals surface area contributed by atoms with Crippen LogP contribution in [0.5, 0.6) is 0 Å². The number of carbonyl (C=O) groups is 2. The van der Waals surface area contributed by atoms with Crippen LogP contribution in [0, 0.1) is 5.92 Å². The summed E-state index contributed by atoms with van der Waals surface area (Å²) in [4.78, 5) is 30.0. The molecular formula is C19H30ClN5O2. The van der Waals surface area contributed by atoms with Gasteiger partial charge in [-0.25, -0.2) is 0 Å². The normalized spacial score (nSPS) is 15.9. The van der Waals surface area contributed by atoms with Gasteiger partial charge in [0.05, 0.1) is 5.92 Å². The van der Waals surface area contributed by atoms with Gasteiger partial charge in [0, 0.05) is 32.6 Å². The van der Waals surface area contributed by atoms with Gasteiger partial charge in [-0.2, -0.15) is 0 Å². The fourth-order valence-corrected chi connectivity index (χ4v) is 3.11. The molecule has 0 radical (unpaired) electrons. The average molecular weight is 396 g/mol. The van der Waals surface area contributed by atoms with Crippen molar-refractivity contribution in [2.45, 2.75) is 32.1 Å². The fourth-order valence-electron chi connectivity index (χ4n) is 3.11. The van der Waals surface area contributed by atoms with E-state index in [4.69, 9.17) is 11.5 Å². The summed E-state index contributed by atoms with van der Waals surface area (Å²) >= 11 is 0. The highest BCUT2D eigenvalue weighted by Gasteiger charge is 2.31. The van der Waals surface area contributed by atoms with E-state index in [1.807, 2.05) is 23.1 Å².